The van der Waals surface area contributed by atoms with Crippen LogP contribution in [0.15, 0.2) is 18.2 Å². The zero-order valence-electron chi connectivity index (χ0n) is 11.3. The molecule has 0 aliphatic carbocycles. The predicted molar refractivity (Wildman–Crippen MR) is 74.0 cm³/mol. The SMILES string of the molecule is COc1ccc2c(c1)nc(CCCN)n2C(C)C. The molecule has 0 aliphatic heterocycles. The van der Waals surface area contributed by atoms with Crippen molar-refractivity contribution < 1.29 is 4.74 Å². The number of nitrogens with two attached hydrogens (primary N) is 1. The van der Waals surface area contributed by atoms with E-state index in [4.69, 9.17) is 15.5 Å². The summed E-state index contributed by atoms with van der Waals surface area (Å²) < 4.78 is 7.53. The highest BCUT2D eigenvalue weighted by Crippen LogP contribution is 2.25. The van der Waals surface area contributed by atoms with Crippen LogP contribution in [0, 0.1) is 0 Å². The number of ether oxygens (including phenoxy) is 1. The fourth-order valence-electron chi connectivity index (χ4n) is 2.27. The van der Waals surface area contributed by atoms with Crippen LogP contribution >= 0.6 is 0 Å². The lowest BCUT2D eigenvalue weighted by Gasteiger charge is -2.12. The van der Waals surface area contributed by atoms with Crippen molar-refractivity contribution in [3.8, 4) is 5.75 Å². The van der Waals surface area contributed by atoms with Gasteiger partial charge in [0.15, 0.2) is 0 Å². The third kappa shape index (κ3) is 2.34. The molecule has 18 heavy (non-hydrogen) atoms. The van der Waals surface area contributed by atoms with E-state index in [1.54, 1.807) is 7.11 Å². The number of imidazole rings is 1. The van der Waals surface area contributed by atoms with Crippen LogP contribution in [0.25, 0.3) is 11.0 Å². The van der Waals surface area contributed by atoms with Gasteiger partial charge in [-0.15, -0.1) is 0 Å². The van der Waals surface area contributed by atoms with Crippen molar-refractivity contribution in [3.63, 3.8) is 0 Å². The topological polar surface area (TPSA) is 53.1 Å². The number of benzene rings is 1. The molecule has 0 radical (unpaired) electrons. The second-order valence-electron chi connectivity index (χ2n) is 4.74. The van der Waals surface area contributed by atoms with Crippen molar-refractivity contribution in [1.82, 2.24) is 9.55 Å². The van der Waals surface area contributed by atoms with Crippen LogP contribution in [0.2, 0.25) is 0 Å². The summed E-state index contributed by atoms with van der Waals surface area (Å²) in [5.41, 5.74) is 7.75. The molecule has 4 nitrogen and oxygen atoms in total. The van der Waals surface area contributed by atoms with Crippen LogP contribution in [-0.2, 0) is 6.42 Å². The molecule has 2 N–H and O–H groups in total. The van der Waals surface area contributed by atoms with Gasteiger partial charge in [-0.2, -0.15) is 0 Å². The number of aryl methyl sites for hydroxylation is 1. The summed E-state index contributed by atoms with van der Waals surface area (Å²) in [6.07, 6.45) is 1.89. The van der Waals surface area contributed by atoms with Gasteiger partial charge in [0.2, 0.25) is 0 Å². The Labute approximate surface area is 108 Å². The number of aromatic nitrogens is 2. The van der Waals surface area contributed by atoms with E-state index < -0.39 is 0 Å². The number of hydrogen-bond donors (Lipinski definition) is 1. The average Bonchev–Trinajstić information content (AvgIpc) is 2.73. The summed E-state index contributed by atoms with van der Waals surface area (Å²) in [5.74, 6) is 1.96. The van der Waals surface area contributed by atoms with E-state index >= 15 is 0 Å². The van der Waals surface area contributed by atoms with E-state index in [-0.39, 0.29) is 0 Å². The molecule has 0 saturated carbocycles. The van der Waals surface area contributed by atoms with E-state index in [2.05, 4.69) is 24.5 Å². The van der Waals surface area contributed by atoms with Gasteiger partial charge in [-0.25, -0.2) is 4.98 Å². The number of rotatable bonds is 5. The van der Waals surface area contributed by atoms with Gasteiger partial charge >= 0.3 is 0 Å². The lowest BCUT2D eigenvalue weighted by atomic mass is 10.2. The lowest BCUT2D eigenvalue weighted by Crippen LogP contribution is -2.09. The first-order chi connectivity index (χ1) is 8.67. The Bertz CT molecular complexity index is 531. The van der Waals surface area contributed by atoms with Gasteiger partial charge in [-0.1, -0.05) is 0 Å². The molecule has 1 aromatic carbocycles. The molecule has 0 aliphatic rings. The molecule has 0 saturated heterocycles. The fraction of sp³-hybridized carbons (Fsp3) is 0.500. The normalized spacial score (nSPS) is 11.4. The minimum absolute atomic E-state index is 0.399. The monoisotopic (exact) mass is 247 g/mol. The maximum atomic E-state index is 5.59. The van der Waals surface area contributed by atoms with Gasteiger partial charge in [-0.05, 0) is 38.9 Å². The standard InChI is InChI=1S/C14H21N3O/c1-10(2)17-13-7-6-11(18-3)9-12(13)16-14(17)5-4-8-15/h6-7,9-10H,4-5,8,15H2,1-3H3. The summed E-state index contributed by atoms with van der Waals surface area (Å²) in [6.45, 7) is 5.05. The van der Waals surface area contributed by atoms with Crippen LogP contribution in [-0.4, -0.2) is 23.2 Å². The predicted octanol–water partition coefficient (Wildman–Crippen LogP) is 2.52. The van der Waals surface area contributed by atoms with Crippen LogP contribution in [0.5, 0.6) is 5.75 Å². The van der Waals surface area contributed by atoms with Gasteiger partial charge < -0.3 is 15.0 Å². The molecular weight excluding hydrogens is 226 g/mol. The van der Waals surface area contributed by atoms with Crippen molar-refractivity contribution in [2.75, 3.05) is 13.7 Å². The van der Waals surface area contributed by atoms with E-state index in [0.29, 0.717) is 12.6 Å². The summed E-state index contributed by atoms with van der Waals surface area (Å²) in [6, 6.07) is 6.44. The maximum absolute atomic E-state index is 5.59. The van der Waals surface area contributed by atoms with Crippen molar-refractivity contribution in [1.29, 1.82) is 0 Å². The van der Waals surface area contributed by atoms with Crippen LogP contribution < -0.4 is 10.5 Å². The molecule has 2 aromatic rings. The van der Waals surface area contributed by atoms with Crippen molar-refractivity contribution in [2.24, 2.45) is 5.73 Å². The number of nitrogens with zero attached hydrogens (tertiary/aromatic N) is 2. The smallest absolute Gasteiger partial charge is 0.121 e. The number of methoxy groups -OCH3 is 1. The third-order valence-corrected chi connectivity index (χ3v) is 3.09. The highest BCUT2D eigenvalue weighted by Gasteiger charge is 2.13. The largest absolute Gasteiger partial charge is 0.497 e. The van der Waals surface area contributed by atoms with Gasteiger partial charge in [0.05, 0.1) is 18.1 Å². The first-order valence-electron chi connectivity index (χ1n) is 6.42. The Kier molecular flexibility index (Phi) is 3.87. The second kappa shape index (κ2) is 5.40. The molecule has 4 heteroatoms. The Morgan fingerprint density at radius 1 is 1.39 bits per heavy atom. The van der Waals surface area contributed by atoms with Gasteiger partial charge in [0, 0.05) is 18.5 Å². The van der Waals surface area contributed by atoms with E-state index in [1.165, 1.54) is 0 Å². The van der Waals surface area contributed by atoms with E-state index in [0.717, 1.165) is 35.4 Å². The number of hydrogen-bond acceptors (Lipinski definition) is 3. The third-order valence-electron chi connectivity index (χ3n) is 3.09. The summed E-state index contributed by atoms with van der Waals surface area (Å²) in [4.78, 5) is 4.71. The summed E-state index contributed by atoms with van der Waals surface area (Å²) >= 11 is 0. The van der Waals surface area contributed by atoms with Crippen LogP contribution in [0.1, 0.15) is 32.1 Å². The Morgan fingerprint density at radius 3 is 2.78 bits per heavy atom. The second-order valence-corrected chi connectivity index (χ2v) is 4.74. The minimum atomic E-state index is 0.399. The van der Waals surface area contributed by atoms with Crippen LogP contribution in [0.4, 0.5) is 0 Å². The molecule has 1 aromatic heterocycles. The molecule has 0 atom stereocenters. The Morgan fingerprint density at radius 2 is 2.17 bits per heavy atom. The zero-order chi connectivity index (χ0) is 13.1. The molecule has 0 bridgehead atoms. The molecule has 0 spiro atoms. The fourth-order valence-corrected chi connectivity index (χ4v) is 2.27. The van der Waals surface area contributed by atoms with E-state index in [1.807, 2.05) is 12.1 Å². The maximum Gasteiger partial charge on any atom is 0.121 e. The average molecular weight is 247 g/mol. The molecule has 1 heterocycles. The molecule has 0 amide bonds. The van der Waals surface area contributed by atoms with Crippen LogP contribution in [0.3, 0.4) is 0 Å². The first kappa shape index (κ1) is 12.9. The Hall–Kier alpha value is -1.55. The number of fused-ring (bicyclic) bond motifs is 1. The van der Waals surface area contributed by atoms with Gasteiger partial charge in [0.25, 0.3) is 0 Å². The zero-order valence-corrected chi connectivity index (χ0v) is 11.3. The quantitative estimate of drug-likeness (QED) is 0.883. The Balaban J connectivity index is 2.51. The molecule has 0 fully saturated rings. The summed E-state index contributed by atoms with van der Waals surface area (Å²) in [7, 11) is 1.68. The molecule has 98 valence electrons. The first-order valence-corrected chi connectivity index (χ1v) is 6.42. The van der Waals surface area contributed by atoms with Gasteiger partial charge in [0.1, 0.15) is 11.6 Å². The molecule has 0 unspecified atom stereocenters. The minimum Gasteiger partial charge on any atom is -0.497 e. The van der Waals surface area contributed by atoms with Crippen molar-refractivity contribution in [3.05, 3.63) is 24.0 Å². The highest BCUT2D eigenvalue weighted by atomic mass is 16.5. The highest BCUT2D eigenvalue weighted by molar-refractivity contribution is 5.78. The lowest BCUT2D eigenvalue weighted by molar-refractivity contribution is 0.415. The van der Waals surface area contributed by atoms with Crippen molar-refractivity contribution >= 4 is 11.0 Å². The van der Waals surface area contributed by atoms with Gasteiger partial charge in [-0.3, -0.25) is 0 Å². The van der Waals surface area contributed by atoms with Crippen molar-refractivity contribution in [2.45, 2.75) is 32.7 Å². The molecule has 2 rings (SSSR count). The molecular formula is C14H21N3O. The van der Waals surface area contributed by atoms with E-state index in [9.17, 15) is 0 Å². The summed E-state index contributed by atoms with van der Waals surface area (Å²) in [5, 5.41) is 0.